The molecule has 0 heterocycles. The van der Waals surface area contributed by atoms with Gasteiger partial charge < -0.3 is 43.0 Å². The number of carboxylic acids is 1. The lowest BCUT2D eigenvalue weighted by Gasteiger charge is -2.22. The number of aliphatic carboxylic acids is 1. The number of rotatable bonds is 16. The molecule has 13 nitrogen and oxygen atoms in total. The number of carboxylic acid groups (broad SMARTS) is 1. The van der Waals surface area contributed by atoms with Crippen LogP contribution in [0.25, 0.3) is 0 Å². The SMILES string of the molecule is NCC(=O)NCC(=O)NC(Cc1ccc(OCc2ccccc2)cc1)C(=O)NC(CCCN=C(N)N)C(=O)O. The number of hydrogen-bond donors (Lipinski definition) is 7. The normalized spacial score (nSPS) is 11.9. The van der Waals surface area contributed by atoms with Gasteiger partial charge in [0.25, 0.3) is 0 Å². The van der Waals surface area contributed by atoms with Gasteiger partial charge in [-0.1, -0.05) is 42.5 Å². The molecule has 2 atom stereocenters. The van der Waals surface area contributed by atoms with Gasteiger partial charge in [-0.2, -0.15) is 0 Å². The summed E-state index contributed by atoms with van der Waals surface area (Å²) in [6, 6.07) is 14.3. The molecule has 0 bridgehead atoms. The van der Waals surface area contributed by atoms with E-state index in [4.69, 9.17) is 21.9 Å². The fourth-order valence-electron chi connectivity index (χ4n) is 3.44. The van der Waals surface area contributed by atoms with Crippen LogP contribution in [0.3, 0.4) is 0 Å². The standard InChI is InChI=1S/C26H35N7O6/c27-14-22(34)31-15-23(35)32-21(24(36)33-20(25(37)38)7-4-12-30-26(28)29)13-17-8-10-19(11-9-17)39-16-18-5-2-1-3-6-18/h1-3,5-6,8-11,20-21H,4,7,12-16,27H2,(H,31,34)(H,32,35)(H,33,36)(H,37,38)(H4,28,29,30). The second-order valence-electron chi connectivity index (χ2n) is 8.57. The topological polar surface area (TPSA) is 224 Å². The number of nitrogens with zero attached hydrogens (tertiary/aromatic N) is 1. The summed E-state index contributed by atoms with van der Waals surface area (Å²) in [6.45, 7) is -0.111. The number of hydrogen-bond acceptors (Lipinski definition) is 7. The van der Waals surface area contributed by atoms with Crippen molar-refractivity contribution in [3.8, 4) is 5.75 Å². The summed E-state index contributed by atoms with van der Waals surface area (Å²) in [5.74, 6) is -2.63. The Morgan fingerprint density at radius 2 is 1.59 bits per heavy atom. The Morgan fingerprint density at radius 3 is 2.21 bits per heavy atom. The van der Waals surface area contributed by atoms with Gasteiger partial charge in [0.2, 0.25) is 17.7 Å². The Morgan fingerprint density at radius 1 is 0.897 bits per heavy atom. The Bertz CT molecular complexity index is 1120. The molecule has 210 valence electrons. The minimum absolute atomic E-state index is 0.0573. The van der Waals surface area contributed by atoms with Crippen molar-refractivity contribution in [2.75, 3.05) is 19.6 Å². The number of nitrogens with one attached hydrogen (secondary N) is 3. The minimum Gasteiger partial charge on any atom is -0.489 e. The van der Waals surface area contributed by atoms with E-state index in [0.717, 1.165) is 5.56 Å². The number of aliphatic imine (C=N–C) groups is 1. The van der Waals surface area contributed by atoms with Crippen molar-refractivity contribution >= 4 is 29.7 Å². The first-order valence-corrected chi connectivity index (χ1v) is 12.3. The van der Waals surface area contributed by atoms with E-state index < -0.39 is 42.3 Å². The number of amides is 3. The van der Waals surface area contributed by atoms with Crippen molar-refractivity contribution in [2.45, 2.75) is 38.0 Å². The number of nitrogens with two attached hydrogens (primary N) is 3. The van der Waals surface area contributed by atoms with Crippen molar-refractivity contribution < 1.29 is 29.0 Å². The van der Waals surface area contributed by atoms with Gasteiger partial charge in [0.1, 0.15) is 24.4 Å². The van der Waals surface area contributed by atoms with E-state index in [2.05, 4.69) is 20.9 Å². The summed E-state index contributed by atoms with van der Waals surface area (Å²) >= 11 is 0. The largest absolute Gasteiger partial charge is 0.489 e. The maximum Gasteiger partial charge on any atom is 0.326 e. The molecule has 0 fully saturated rings. The average Bonchev–Trinajstić information content (AvgIpc) is 2.92. The van der Waals surface area contributed by atoms with Crippen molar-refractivity contribution in [3.05, 3.63) is 65.7 Å². The predicted octanol–water partition coefficient (Wildman–Crippen LogP) is -1.01. The molecular weight excluding hydrogens is 506 g/mol. The zero-order valence-electron chi connectivity index (χ0n) is 21.5. The first kappa shape index (κ1) is 30.6. The lowest BCUT2D eigenvalue weighted by Crippen LogP contribution is -2.54. The van der Waals surface area contributed by atoms with Gasteiger partial charge in [-0.3, -0.25) is 19.4 Å². The number of benzene rings is 2. The van der Waals surface area contributed by atoms with E-state index in [1.54, 1.807) is 24.3 Å². The zero-order valence-corrected chi connectivity index (χ0v) is 21.5. The van der Waals surface area contributed by atoms with Gasteiger partial charge in [-0.05, 0) is 36.1 Å². The summed E-state index contributed by atoms with van der Waals surface area (Å²) in [5, 5.41) is 16.9. The lowest BCUT2D eigenvalue weighted by atomic mass is 10.0. The van der Waals surface area contributed by atoms with E-state index in [9.17, 15) is 24.3 Å². The maximum atomic E-state index is 13.1. The van der Waals surface area contributed by atoms with Crippen molar-refractivity contribution in [1.82, 2.24) is 16.0 Å². The Hall–Kier alpha value is -4.65. The molecule has 2 aromatic rings. The second kappa shape index (κ2) is 16.2. The monoisotopic (exact) mass is 541 g/mol. The number of carbonyl (C=O) groups excluding carboxylic acids is 3. The smallest absolute Gasteiger partial charge is 0.326 e. The molecule has 2 rings (SSSR count). The fraction of sp³-hybridized carbons (Fsp3) is 0.346. The zero-order chi connectivity index (χ0) is 28.6. The number of guanidine groups is 1. The maximum absolute atomic E-state index is 13.1. The van der Waals surface area contributed by atoms with E-state index in [0.29, 0.717) is 24.3 Å². The Labute approximate surface area is 226 Å². The molecule has 2 aromatic carbocycles. The van der Waals surface area contributed by atoms with Crippen LogP contribution < -0.4 is 37.9 Å². The van der Waals surface area contributed by atoms with Gasteiger partial charge in [-0.15, -0.1) is 0 Å². The van der Waals surface area contributed by atoms with Gasteiger partial charge in [0.15, 0.2) is 5.96 Å². The molecule has 0 aliphatic heterocycles. The van der Waals surface area contributed by atoms with Crippen LogP contribution in [0.2, 0.25) is 0 Å². The molecule has 3 amide bonds. The third-order valence-electron chi connectivity index (χ3n) is 5.45. The van der Waals surface area contributed by atoms with E-state index in [1.807, 2.05) is 30.3 Å². The lowest BCUT2D eigenvalue weighted by molar-refractivity contribution is -0.142. The molecule has 0 spiro atoms. The third-order valence-corrected chi connectivity index (χ3v) is 5.45. The average molecular weight is 542 g/mol. The van der Waals surface area contributed by atoms with Crippen LogP contribution in [0.5, 0.6) is 5.75 Å². The number of carbonyl (C=O) groups is 4. The van der Waals surface area contributed by atoms with Gasteiger partial charge in [0, 0.05) is 13.0 Å². The van der Waals surface area contributed by atoms with Crippen molar-refractivity contribution in [2.24, 2.45) is 22.2 Å². The quantitative estimate of drug-likeness (QED) is 0.0784. The Balaban J connectivity index is 2.07. The minimum atomic E-state index is -1.24. The van der Waals surface area contributed by atoms with Gasteiger partial charge in [0.05, 0.1) is 13.1 Å². The van der Waals surface area contributed by atoms with Gasteiger partial charge in [-0.25, -0.2) is 4.79 Å². The third kappa shape index (κ3) is 12.0. The highest BCUT2D eigenvalue weighted by atomic mass is 16.5. The highest BCUT2D eigenvalue weighted by Crippen LogP contribution is 2.16. The summed E-state index contributed by atoms with van der Waals surface area (Å²) in [7, 11) is 0. The van der Waals surface area contributed by atoms with Gasteiger partial charge >= 0.3 is 5.97 Å². The molecule has 0 saturated heterocycles. The molecule has 0 aliphatic rings. The first-order chi connectivity index (χ1) is 18.7. The summed E-state index contributed by atoms with van der Waals surface area (Å²) in [6.07, 6.45) is 0.433. The molecule has 10 N–H and O–H groups in total. The molecule has 0 aromatic heterocycles. The van der Waals surface area contributed by atoms with Crippen molar-refractivity contribution in [1.29, 1.82) is 0 Å². The van der Waals surface area contributed by atoms with E-state index in [1.165, 1.54) is 0 Å². The van der Waals surface area contributed by atoms with Crippen LogP contribution in [0.15, 0.2) is 59.6 Å². The van der Waals surface area contributed by atoms with E-state index in [-0.39, 0.29) is 31.9 Å². The first-order valence-electron chi connectivity index (χ1n) is 12.3. The molecule has 13 heteroatoms. The highest BCUT2D eigenvalue weighted by Gasteiger charge is 2.26. The predicted molar refractivity (Wildman–Crippen MR) is 144 cm³/mol. The molecule has 0 saturated carbocycles. The van der Waals surface area contributed by atoms with Crippen LogP contribution in [0.4, 0.5) is 0 Å². The molecular formula is C26H35N7O6. The molecule has 2 unspecified atom stereocenters. The molecule has 39 heavy (non-hydrogen) atoms. The molecule has 0 aliphatic carbocycles. The van der Waals surface area contributed by atoms with E-state index >= 15 is 0 Å². The summed E-state index contributed by atoms with van der Waals surface area (Å²) in [5.41, 5.74) is 17.5. The summed E-state index contributed by atoms with van der Waals surface area (Å²) in [4.78, 5) is 52.4. The highest BCUT2D eigenvalue weighted by molar-refractivity contribution is 5.92. The fourth-order valence-corrected chi connectivity index (χ4v) is 3.44. The molecule has 0 radical (unpaired) electrons. The van der Waals surface area contributed by atoms with Crippen molar-refractivity contribution in [3.63, 3.8) is 0 Å². The number of ether oxygens (including phenoxy) is 1. The second-order valence-corrected chi connectivity index (χ2v) is 8.57. The van der Waals surface area contributed by atoms with Crippen LogP contribution in [0, 0.1) is 0 Å². The van der Waals surface area contributed by atoms with Crippen LogP contribution in [-0.2, 0) is 32.2 Å². The van der Waals surface area contributed by atoms with Crippen LogP contribution in [0.1, 0.15) is 24.0 Å². The summed E-state index contributed by atoms with van der Waals surface area (Å²) < 4.78 is 5.78. The Kier molecular flexibility index (Phi) is 12.7. The van der Waals surface area contributed by atoms with Crippen LogP contribution >= 0.6 is 0 Å². The van der Waals surface area contributed by atoms with Crippen LogP contribution in [-0.4, -0.2) is 66.5 Å².